The molecule has 0 unspecified atom stereocenters. The van der Waals surface area contributed by atoms with Crippen molar-refractivity contribution in [1.29, 1.82) is 5.26 Å². The highest BCUT2D eigenvalue weighted by molar-refractivity contribution is 7.11. The lowest BCUT2D eigenvalue weighted by atomic mass is 10.3. The van der Waals surface area contributed by atoms with Crippen LogP contribution in [0.4, 0.5) is 0 Å². The minimum Gasteiger partial charge on any atom is -0.326 e. The van der Waals surface area contributed by atoms with Gasteiger partial charge in [-0.15, -0.1) is 29.3 Å². The van der Waals surface area contributed by atoms with Gasteiger partial charge in [0, 0.05) is 18.5 Å². The van der Waals surface area contributed by atoms with Gasteiger partial charge >= 0.3 is 0 Å². The SMILES string of the molecule is C=CCn1c(=C(C#N)c2nc3ccccc3n2C)sc(=Cc2cccs2)c1=O. The van der Waals surface area contributed by atoms with E-state index in [2.05, 4.69) is 17.6 Å². The van der Waals surface area contributed by atoms with Gasteiger partial charge in [-0.25, -0.2) is 4.98 Å². The molecule has 0 fully saturated rings. The molecule has 3 heterocycles. The Labute approximate surface area is 169 Å². The number of aromatic nitrogens is 3. The van der Waals surface area contributed by atoms with E-state index in [0.29, 0.717) is 27.1 Å². The second-order valence-electron chi connectivity index (χ2n) is 6.11. The zero-order valence-electron chi connectivity index (χ0n) is 15.1. The van der Waals surface area contributed by atoms with Crippen LogP contribution in [-0.4, -0.2) is 14.1 Å². The second-order valence-corrected chi connectivity index (χ2v) is 8.12. The van der Waals surface area contributed by atoms with Crippen molar-refractivity contribution in [1.82, 2.24) is 14.1 Å². The van der Waals surface area contributed by atoms with Crippen molar-refractivity contribution < 1.29 is 0 Å². The number of hydrogen-bond acceptors (Lipinski definition) is 5. The number of imidazole rings is 1. The fraction of sp³-hybridized carbons (Fsp3) is 0.0952. The van der Waals surface area contributed by atoms with Crippen molar-refractivity contribution in [3.63, 3.8) is 0 Å². The van der Waals surface area contributed by atoms with Crippen molar-refractivity contribution in [3.05, 3.63) is 84.7 Å². The Morgan fingerprint density at radius 2 is 2.14 bits per heavy atom. The van der Waals surface area contributed by atoms with Gasteiger partial charge in [0.25, 0.3) is 5.56 Å². The predicted molar refractivity (Wildman–Crippen MR) is 115 cm³/mol. The molecule has 4 aromatic rings. The smallest absolute Gasteiger partial charge is 0.269 e. The van der Waals surface area contributed by atoms with Crippen LogP contribution >= 0.6 is 22.7 Å². The Morgan fingerprint density at radius 3 is 2.82 bits per heavy atom. The van der Waals surface area contributed by atoms with Gasteiger partial charge < -0.3 is 4.57 Å². The Balaban J connectivity index is 2.08. The zero-order valence-corrected chi connectivity index (χ0v) is 16.8. The van der Waals surface area contributed by atoms with Crippen molar-refractivity contribution in [2.45, 2.75) is 6.54 Å². The summed E-state index contributed by atoms with van der Waals surface area (Å²) in [5.41, 5.74) is 2.00. The van der Waals surface area contributed by atoms with E-state index in [0.717, 1.165) is 15.9 Å². The van der Waals surface area contributed by atoms with Crippen LogP contribution in [0, 0.1) is 11.3 Å². The molecule has 0 aliphatic rings. The Bertz CT molecular complexity index is 1400. The van der Waals surface area contributed by atoms with Crippen LogP contribution in [0.25, 0.3) is 22.7 Å². The van der Waals surface area contributed by atoms with Crippen molar-refractivity contribution >= 4 is 45.4 Å². The number of benzene rings is 1. The summed E-state index contributed by atoms with van der Waals surface area (Å²) in [6.07, 6.45) is 3.53. The molecule has 0 radical (unpaired) electrons. The van der Waals surface area contributed by atoms with Crippen molar-refractivity contribution in [3.8, 4) is 6.07 Å². The minimum atomic E-state index is -0.125. The molecule has 0 saturated carbocycles. The topological polar surface area (TPSA) is 63.6 Å². The first kappa shape index (κ1) is 18.2. The van der Waals surface area contributed by atoms with E-state index in [1.807, 2.05) is 59.5 Å². The molecule has 0 saturated heterocycles. The molecule has 1 aromatic carbocycles. The van der Waals surface area contributed by atoms with E-state index in [-0.39, 0.29) is 5.56 Å². The highest BCUT2D eigenvalue weighted by Crippen LogP contribution is 2.18. The van der Waals surface area contributed by atoms with Crippen LogP contribution < -0.4 is 14.8 Å². The number of thiazole rings is 1. The van der Waals surface area contributed by atoms with Gasteiger partial charge in [-0.3, -0.25) is 9.36 Å². The lowest BCUT2D eigenvalue weighted by Gasteiger charge is -2.02. The molecule has 0 aliphatic heterocycles. The maximum atomic E-state index is 13.0. The minimum absolute atomic E-state index is 0.125. The summed E-state index contributed by atoms with van der Waals surface area (Å²) in [5, 5.41) is 11.9. The lowest BCUT2D eigenvalue weighted by molar-refractivity contribution is 0.772. The van der Waals surface area contributed by atoms with E-state index in [1.165, 1.54) is 11.3 Å². The number of nitrogens with zero attached hydrogens (tertiary/aromatic N) is 4. The predicted octanol–water partition coefficient (Wildman–Crippen LogP) is 2.60. The van der Waals surface area contributed by atoms with Crippen LogP contribution in [0.3, 0.4) is 0 Å². The third-order valence-corrected chi connectivity index (χ3v) is 6.32. The molecular weight excluding hydrogens is 388 g/mol. The lowest BCUT2D eigenvalue weighted by Crippen LogP contribution is -2.32. The fourth-order valence-electron chi connectivity index (χ4n) is 3.07. The molecule has 5 nitrogen and oxygen atoms in total. The zero-order chi connectivity index (χ0) is 19.7. The standard InChI is InChI=1S/C21H16N4OS2/c1-3-10-25-20(26)18(12-14-7-6-11-27-14)28-21(25)15(13-22)19-23-16-8-4-5-9-17(16)24(19)2/h3-9,11-12H,1,10H2,2H3. The van der Waals surface area contributed by atoms with E-state index >= 15 is 0 Å². The van der Waals surface area contributed by atoms with Gasteiger partial charge in [0.2, 0.25) is 0 Å². The molecule has 0 bridgehead atoms. The monoisotopic (exact) mass is 404 g/mol. The van der Waals surface area contributed by atoms with Crippen LogP contribution in [-0.2, 0) is 13.6 Å². The summed E-state index contributed by atoms with van der Waals surface area (Å²) < 4.78 is 4.66. The first-order valence-corrected chi connectivity index (χ1v) is 10.3. The van der Waals surface area contributed by atoms with Gasteiger partial charge in [-0.05, 0) is 29.7 Å². The summed E-state index contributed by atoms with van der Waals surface area (Å²) in [7, 11) is 1.88. The maximum absolute atomic E-state index is 13.0. The third kappa shape index (κ3) is 3.03. The normalized spacial score (nSPS) is 12.9. The van der Waals surface area contributed by atoms with Gasteiger partial charge in [0.15, 0.2) is 5.82 Å². The van der Waals surface area contributed by atoms with Crippen molar-refractivity contribution in [2.24, 2.45) is 7.05 Å². The molecule has 0 atom stereocenters. The van der Waals surface area contributed by atoms with Crippen molar-refractivity contribution in [2.75, 3.05) is 0 Å². The molecule has 3 aromatic heterocycles. The summed E-state index contributed by atoms with van der Waals surface area (Å²) in [4.78, 5) is 18.6. The fourth-order valence-corrected chi connectivity index (χ4v) is 4.90. The number of nitriles is 1. The Hall–Kier alpha value is -3.21. The number of rotatable bonds is 4. The summed E-state index contributed by atoms with van der Waals surface area (Å²) in [6, 6.07) is 13.9. The average Bonchev–Trinajstić information content (AvgIpc) is 3.40. The van der Waals surface area contributed by atoms with E-state index in [9.17, 15) is 10.1 Å². The van der Waals surface area contributed by atoms with Gasteiger partial charge in [0.1, 0.15) is 16.3 Å². The van der Waals surface area contributed by atoms with Crippen LogP contribution in [0.2, 0.25) is 0 Å². The highest BCUT2D eigenvalue weighted by Gasteiger charge is 2.16. The van der Waals surface area contributed by atoms with E-state index in [4.69, 9.17) is 0 Å². The molecule has 28 heavy (non-hydrogen) atoms. The van der Waals surface area contributed by atoms with E-state index < -0.39 is 0 Å². The maximum Gasteiger partial charge on any atom is 0.269 e. The Kier molecular flexibility index (Phi) is 4.82. The molecule has 0 spiro atoms. The molecular formula is C21H16N4OS2. The molecule has 7 heteroatoms. The quantitative estimate of drug-likeness (QED) is 0.491. The van der Waals surface area contributed by atoms with Gasteiger partial charge in [-0.2, -0.15) is 5.26 Å². The van der Waals surface area contributed by atoms with Crippen LogP contribution in [0.15, 0.2) is 59.2 Å². The van der Waals surface area contributed by atoms with Gasteiger partial charge in [-0.1, -0.05) is 24.3 Å². The first-order valence-electron chi connectivity index (χ1n) is 8.56. The Morgan fingerprint density at radius 1 is 1.32 bits per heavy atom. The first-order chi connectivity index (χ1) is 13.6. The molecule has 0 amide bonds. The number of aryl methyl sites for hydroxylation is 1. The number of para-hydroxylation sites is 2. The van der Waals surface area contributed by atoms with Gasteiger partial charge in [0.05, 0.1) is 15.6 Å². The third-order valence-electron chi connectivity index (χ3n) is 4.37. The largest absolute Gasteiger partial charge is 0.326 e. The summed E-state index contributed by atoms with van der Waals surface area (Å²) >= 11 is 2.88. The van der Waals surface area contributed by atoms with E-state index in [1.54, 1.807) is 22.0 Å². The number of hydrogen-bond donors (Lipinski definition) is 0. The molecule has 138 valence electrons. The molecule has 0 N–H and O–H groups in total. The highest BCUT2D eigenvalue weighted by atomic mass is 32.1. The molecule has 4 rings (SSSR count). The van der Waals surface area contributed by atoms with Crippen LogP contribution in [0.1, 0.15) is 10.7 Å². The van der Waals surface area contributed by atoms with Crippen LogP contribution in [0.5, 0.6) is 0 Å². The second kappa shape index (κ2) is 7.43. The number of allylic oxidation sites excluding steroid dienone is 1. The molecule has 0 aliphatic carbocycles. The number of thiophene rings is 1. The number of fused-ring (bicyclic) bond motifs is 1. The summed E-state index contributed by atoms with van der Waals surface area (Å²) in [5.74, 6) is 0.547. The average molecular weight is 405 g/mol. The summed E-state index contributed by atoms with van der Waals surface area (Å²) in [6.45, 7) is 4.09.